The van der Waals surface area contributed by atoms with E-state index in [9.17, 15) is 0 Å². The summed E-state index contributed by atoms with van der Waals surface area (Å²) in [5.74, 6) is 0.0734. The molecule has 8 nitrogen and oxygen atoms in total. The van der Waals surface area contributed by atoms with Gasteiger partial charge in [-0.15, -0.1) is 0 Å². The molecule has 8 heteroatoms. The SMILES string of the molecule is CC1=NC(=N[OH2+])C(=[NH2+])C(N)=C1Cc1ccc(C#N)c(C#N)n1. The van der Waals surface area contributed by atoms with Crippen molar-refractivity contribution in [3.63, 3.8) is 0 Å². The monoisotopic (exact) mass is 295 g/mol. The summed E-state index contributed by atoms with van der Waals surface area (Å²) in [4.78, 5) is 8.26. The van der Waals surface area contributed by atoms with Crippen LogP contribution in [0.5, 0.6) is 0 Å². The van der Waals surface area contributed by atoms with Crippen molar-refractivity contribution in [2.45, 2.75) is 13.3 Å². The molecule has 0 bridgehead atoms. The largest absolute Gasteiger partial charge is 0.467 e. The maximum absolute atomic E-state index is 9.01. The number of pyridine rings is 1. The van der Waals surface area contributed by atoms with Crippen molar-refractivity contribution in [2.75, 3.05) is 0 Å². The van der Waals surface area contributed by atoms with E-state index in [1.54, 1.807) is 13.0 Å². The minimum Gasteiger partial charge on any atom is -0.467 e. The lowest BCUT2D eigenvalue weighted by molar-refractivity contribution is -0.110. The molecule has 0 spiro atoms. The summed E-state index contributed by atoms with van der Waals surface area (Å²) in [6.45, 7) is 1.73. The number of aliphatic imine (C=N–C) groups is 1. The van der Waals surface area contributed by atoms with Crippen LogP contribution in [-0.4, -0.2) is 27.5 Å². The Kier molecular flexibility index (Phi) is 3.96. The minimum absolute atomic E-state index is 0.0648. The van der Waals surface area contributed by atoms with Gasteiger partial charge in [0, 0.05) is 23.4 Å². The molecule has 0 aromatic carbocycles. The van der Waals surface area contributed by atoms with Gasteiger partial charge in [0.15, 0.2) is 5.69 Å². The fraction of sp³-hybridized carbons (Fsp3) is 0.143. The molecule has 1 aliphatic heterocycles. The smallest absolute Gasteiger partial charge is 0.316 e. The van der Waals surface area contributed by atoms with E-state index < -0.39 is 0 Å². The number of hydrogen-bond acceptors (Lipinski definition) is 5. The predicted molar refractivity (Wildman–Crippen MR) is 79.7 cm³/mol. The molecular weight excluding hydrogens is 282 g/mol. The summed E-state index contributed by atoms with van der Waals surface area (Å²) in [5, 5.41) is 34.0. The maximum atomic E-state index is 9.01. The fourth-order valence-electron chi connectivity index (χ4n) is 2.03. The second-order valence-corrected chi connectivity index (χ2v) is 4.54. The normalized spacial score (nSPS) is 16.2. The van der Waals surface area contributed by atoms with Crippen LogP contribution in [0.3, 0.4) is 0 Å². The van der Waals surface area contributed by atoms with Gasteiger partial charge in [0.1, 0.15) is 17.8 Å². The molecule has 0 unspecified atom stereocenters. The molecule has 2 heterocycles. The van der Waals surface area contributed by atoms with E-state index in [0.29, 0.717) is 29.1 Å². The Morgan fingerprint density at radius 3 is 2.68 bits per heavy atom. The van der Waals surface area contributed by atoms with E-state index in [0.717, 1.165) is 0 Å². The highest BCUT2D eigenvalue weighted by Gasteiger charge is 2.28. The van der Waals surface area contributed by atoms with Gasteiger partial charge in [-0.25, -0.2) is 15.4 Å². The average molecular weight is 295 g/mol. The van der Waals surface area contributed by atoms with Gasteiger partial charge in [0.05, 0.1) is 10.7 Å². The van der Waals surface area contributed by atoms with Gasteiger partial charge in [0.25, 0.3) is 5.71 Å². The number of nitriles is 2. The van der Waals surface area contributed by atoms with Crippen LogP contribution in [0, 0.1) is 22.7 Å². The highest BCUT2D eigenvalue weighted by molar-refractivity contribution is 6.49. The van der Waals surface area contributed by atoms with Crippen LogP contribution in [0.2, 0.25) is 0 Å². The van der Waals surface area contributed by atoms with E-state index in [2.05, 4.69) is 15.1 Å². The van der Waals surface area contributed by atoms with E-state index in [-0.39, 0.29) is 22.8 Å². The Morgan fingerprint density at radius 2 is 2.09 bits per heavy atom. The van der Waals surface area contributed by atoms with Gasteiger partial charge in [0.2, 0.25) is 0 Å². The minimum atomic E-state index is 0.0648. The Balaban J connectivity index is 2.42. The molecule has 1 aromatic heterocycles. The predicted octanol–water partition coefficient (Wildman–Crippen LogP) is -1.71. The van der Waals surface area contributed by atoms with Crippen LogP contribution < -0.4 is 11.1 Å². The molecule has 1 aromatic rings. The summed E-state index contributed by atoms with van der Waals surface area (Å²) < 4.78 is 0. The number of rotatable bonds is 2. The standard InChI is InChI=1S/C14H11N7O/c1-7-10(12(17)13(18)14(19-7)21-22)4-9-3-2-8(5-15)11(6-16)20-9/h2-3,18,22H,4,17H2,1H3/p+2. The van der Waals surface area contributed by atoms with Crippen LogP contribution in [-0.2, 0) is 6.42 Å². The zero-order valence-electron chi connectivity index (χ0n) is 11.8. The number of dihydropyridines is 1. The van der Waals surface area contributed by atoms with Crippen molar-refractivity contribution in [3.8, 4) is 12.1 Å². The van der Waals surface area contributed by atoms with Gasteiger partial charge < -0.3 is 10.9 Å². The second-order valence-electron chi connectivity index (χ2n) is 4.54. The summed E-state index contributed by atoms with van der Waals surface area (Å²) >= 11 is 0. The first-order valence-corrected chi connectivity index (χ1v) is 6.23. The molecular formula is C14H13N7O+2. The van der Waals surface area contributed by atoms with Crippen molar-refractivity contribution in [3.05, 3.63) is 40.4 Å². The third-order valence-electron chi connectivity index (χ3n) is 3.21. The van der Waals surface area contributed by atoms with Gasteiger partial charge >= 0.3 is 5.84 Å². The van der Waals surface area contributed by atoms with Gasteiger partial charge in [-0.05, 0) is 19.1 Å². The Bertz CT molecular complexity index is 834. The van der Waals surface area contributed by atoms with Crippen molar-refractivity contribution < 1.29 is 10.6 Å². The first-order chi connectivity index (χ1) is 10.5. The van der Waals surface area contributed by atoms with Crippen molar-refractivity contribution in [2.24, 2.45) is 15.9 Å². The van der Waals surface area contributed by atoms with Crippen LogP contribution in [0.1, 0.15) is 23.9 Å². The van der Waals surface area contributed by atoms with E-state index in [4.69, 9.17) is 26.9 Å². The number of aromatic nitrogens is 1. The fourth-order valence-corrected chi connectivity index (χ4v) is 2.03. The first-order valence-electron chi connectivity index (χ1n) is 6.23. The summed E-state index contributed by atoms with van der Waals surface area (Å²) in [6, 6.07) is 6.98. The quantitative estimate of drug-likeness (QED) is 0.491. The summed E-state index contributed by atoms with van der Waals surface area (Å²) in [7, 11) is 0. The molecule has 0 atom stereocenters. The van der Waals surface area contributed by atoms with Gasteiger partial charge in [-0.1, -0.05) is 0 Å². The highest BCUT2D eigenvalue weighted by Crippen LogP contribution is 2.17. The molecule has 0 amide bonds. The molecule has 0 saturated heterocycles. The van der Waals surface area contributed by atoms with E-state index in [1.807, 2.05) is 12.1 Å². The van der Waals surface area contributed by atoms with Crippen molar-refractivity contribution in [1.82, 2.24) is 4.98 Å². The molecule has 0 fully saturated rings. The van der Waals surface area contributed by atoms with Crippen LogP contribution in [0.25, 0.3) is 0 Å². The zero-order valence-corrected chi connectivity index (χ0v) is 11.8. The van der Waals surface area contributed by atoms with Crippen molar-refractivity contribution >= 4 is 17.3 Å². The summed E-state index contributed by atoms with van der Waals surface area (Å²) in [5.41, 5.74) is 8.52. The Labute approximate surface area is 126 Å². The molecule has 6 N–H and O–H groups in total. The molecule has 1 aliphatic rings. The number of allylic oxidation sites excluding steroid dienone is 1. The second kappa shape index (κ2) is 5.85. The van der Waals surface area contributed by atoms with Crippen LogP contribution >= 0.6 is 0 Å². The van der Waals surface area contributed by atoms with Crippen molar-refractivity contribution in [1.29, 1.82) is 10.5 Å². The first kappa shape index (κ1) is 14.9. The Hall–Kier alpha value is -3.52. The third kappa shape index (κ3) is 2.53. The molecule has 22 heavy (non-hydrogen) atoms. The molecule has 108 valence electrons. The Morgan fingerprint density at radius 1 is 1.36 bits per heavy atom. The third-order valence-corrected chi connectivity index (χ3v) is 3.21. The van der Waals surface area contributed by atoms with Crippen LogP contribution in [0.15, 0.2) is 33.6 Å². The molecule has 0 aliphatic carbocycles. The topological polar surface area (TPSA) is 160 Å². The van der Waals surface area contributed by atoms with Gasteiger partial charge in [-0.2, -0.15) is 10.5 Å². The number of nitrogens with zero attached hydrogens (tertiary/aromatic N) is 5. The lowest BCUT2D eigenvalue weighted by Gasteiger charge is -2.14. The van der Waals surface area contributed by atoms with Gasteiger partial charge in [-0.3, -0.25) is 0 Å². The maximum Gasteiger partial charge on any atom is 0.316 e. The molecule has 0 radical (unpaired) electrons. The molecule has 2 rings (SSSR count). The van der Waals surface area contributed by atoms with E-state index in [1.165, 1.54) is 6.07 Å². The lowest BCUT2D eigenvalue weighted by Crippen LogP contribution is -2.50. The van der Waals surface area contributed by atoms with Crippen LogP contribution in [0.4, 0.5) is 0 Å². The molecule has 0 saturated carbocycles. The lowest BCUT2D eigenvalue weighted by atomic mass is 9.97. The number of hydrogen-bond donors (Lipinski definition) is 2. The highest BCUT2D eigenvalue weighted by atomic mass is 16.4. The number of nitrogens with two attached hydrogens (primary N) is 2. The average Bonchev–Trinajstić information content (AvgIpc) is 2.54. The number of amidine groups is 1. The zero-order chi connectivity index (χ0) is 16.3. The van der Waals surface area contributed by atoms with E-state index >= 15 is 0 Å². The summed E-state index contributed by atoms with van der Waals surface area (Å²) in [6.07, 6.45) is 0.313.